The number of carbonyl (C=O) groups excluding carboxylic acids is 1. The smallest absolute Gasteiger partial charge is 0.275 e. The zero-order chi connectivity index (χ0) is 17.2. The lowest BCUT2D eigenvalue weighted by molar-refractivity contribution is 0.0138. The summed E-state index contributed by atoms with van der Waals surface area (Å²) in [6.45, 7) is 7.83. The van der Waals surface area contributed by atoms with Gasteiger partial charge in [-0.05, 0) is 18.1 Å². The zero-order valence-electron chi connectivity index (χ0n) is 13.9. The Kier molecular flexibility index (Phi) is 4.85. The van der Waals surface area contributed by atoms with Crippen molar-refractivity contribution < 1.29 is 9.90 Å². The lowest BCUT2D eigenvalue weighted by Gasteiger charge is -2.33. The van der Waals surface area contributed by atoms with Crippen molar-refractivity contribution in [3.05, 3.63) is 40.2 Å². The number of benzene rings is 1. The zero-order valence-corrected chi connectivity index (χ0v) is 13.9. The van der Waals surface area contributed by atoms with Crippen LogP contribution < -0.4 is 10.7 Å². The van der Waals surface area contributed by atoms with Gasteiger partial charge < -0.3 is 10.4 Å². The predicted octanol–water partition coefficient (Wildman–Crippen LogP) is 1.70. The third-order valence-electron chi connectivity index (χ3n) is 4.03. The van der Waals surface area contributed by atoms with E-state index in [-0.39, 0.29) is 18.2 Å². The Bertz CT molecular complexity index is 765. The predicted molar refractivity (Wildman–Crippen MR) is 89.3 cm³/mol. The van der Waals surface area contributed by atoms with E-state index >= 15 is 0 Å². The van der Waals surface area contributed by atoms with Crippen LogP contribution in [0.1, 0.15) is 38.2 Å². The Morgan fingerprint density at radius 1 is 1.35 bits per heavy atom. The van der Waals surface area contributed by atoms with Crippen molar-refractivity contribution in [2.45, 2.75) is 33.8 Å². The van der Waals surface area contributed by atoms with Crippen LogP contribution in [0.25, 0.3) is 10.9 Å². The van der Waals surface area contributed by atoms with E-state index in [4.69, 9.17) is 0 Å². The van der Waals surface area contributed by atoms with E-state index in [0.29, 0.717) is 10.9 Å². The van der Waals surface area contributed by atoms with Crippen LogP contribution in [0.2, 0.25) is 0 Å². The third kappa shape index (κ3) is 3.59. The Labute approximate surface area is 134 Å². The lowest BCUT2D eigenvalue weighted by Crippen LogP contribution is -2.44. The molecule has 0 aliphatic rings. The van der Waals surface area contributed by atoms with Crippen LogP contribution in [0.15, 0.2) is 29.1 Å². The summed E-state index contributed by atoms with van der Waals surface area (Å²) in [7, 11) is 0. The SMILES string of the molecule is CC(C)C(O)C(C)(C)CNC(=O)c1n[nH]c2ccccc2c1=O. The van der Waals surface area contributed by atoms with E-state index in [9.17, 15) is 14.7 Å². The third-order valence-corrected chi connectivity index (χ3v) is 4.03. The number of nitrogens with zero attached hydrogens (tertiary/aromatic N) is 1. The monoisotopic (exact) mass is 317 g/mol. The van der Waals surface area contributed by atoms with Gasteiger partial charge in [0.15, 0.2) is 5.69 Å². The van der Waals surface area contributed by atoms with Crippen LogP contribution >= 0.6 is 0 Å². The van der Waals surface area contributed by atoms with E-state index in [2.05, 4.69) is 15.5 Å². The van der Waals surface area contributed by atoms with E-state index in [1.54, 1.807) is 24.3 Å². The normalized spacial score (nSPS) is 13.3. The molecule has 3 N–H and O–H groups in total. The number of carbonyl (C=O) groups is 1. The average molecular weight is 317 g/mol. The second-order valence-corrected chi connectivity index (χ2v) is 6.81. The van der Waals surface area contributed by atoms with Crippen LogP contribution in [0.4, 0.5) is 0 Å². The second kappa shape index (κ2) is 6.50. The summed E-state index contributed by atoms with van der Waals surface area (Å²) in [5.41, 5.74) is -0.491. The molecule has 2 aromatic rings. The van der Waals surface area contributed by atoms with Gasteiger partial charge in [-0.25, -0.2) is 0 Å². The average Bonchev–Trinajstić information content (AvgIpc) is 2.52. The molecule has 1 amide bonds. The first-order valence-electron chi connectivity index (χ1n) is 7.67. The molecule has 0 bridgehead atoms. The number of hydrogen-bond donors (Lipinski definition) is 3. The van der Waals surface area contributed by atoms with E-state index in [1.165, 1.54) is 0 Å². The Balaban J connectivity index is 2.19. The lowest BCUT2D eigenvalue weighted by atomic mass is 9.80. The van der Waals surface area contributed by atoms with Crippen LogP contribution in [0, 0.1) is 11.3 Å². The van der Waals surface area contributed by atoms with Crippen molar-refractivity contribution in [2.75, 3.05) is 6.54 Å². The fourth-order valence-corrected chi connectivity index (χ4v) is 2.63. The standard InChI is InChI=1S/C17H23N3O3/c1-10(2)15(22)17(3,4)9-18-16(23)13-14(21)11-7-5-6-8-12(11)19-20-13/h5-8,10,15,22H,9H2,1-4H3,(H,18,23)(H,19,21). The van der Waals surface area contributed by atoms with Gasteiger partial charge in [-0.15, -0.1) is 0 Å². The molecule has 2 rings (SSSR count). The maximum Gasteiger partial charge on any atom is 0.275 e. The molecule has 1 aromatic carbocycles. The van der Waals surface area contributed by atoms with Crippen molar-refractivity contribution in [1.29, 1.82) is 0 Å². The summed E-state index contributed by atoms with van der Waals surface area (Å²) < 4.78 is 0. The van der Waals surface area contributed by atoms with Crippen molar-refractivity contribution in [2.24, 2.45) is 11.3 Å². The minimum absolute atomic E-state index is 0.0732. The highest BCUT2D eigenvalue weighted by molar-refractivity contribution is 5.95. The first-order valence-corrected chi connectivity index (χ1v) is 7.67. The summed E-state index contributed by atoms with van der Waals surface area (Å²) in [4.78, 5) is 24.6. The van der Waals surface area contributed by atoms with E-state index < -0.39 is 22.9 Å². The Hall–Kier alpha value is -2.21. The largest absolute Gasteiger partial charge is 0.392 e. The maximum absolute atomic E-state index is 12.3. The molecule has 0 fully saturated rings. The number of amides is 1. The minimum Gasteiger partial charge on any atom is -0.392 e. The highest BCUT2D eigenvalue weighted by atomic mass is 16.3. The van der Waals surface area contributed by atoms with Crippen molar-refractivity contribution >= 4 is 16.8 Å². The minimum atomic E-state index is -0.564. The number of aliphatic hydroxyl groups is 1. The molecule has 124 valence electrons. The molecule has 0 saturated carbocycles. The van der Waals surface area contributed by atoms with Gasteiger partial charge in [0.2, 0.25) is 5.43 Å². The fraction of sp³-hybridized carbons (Fsp3) is 0.471. The molecule has 6 nitrogen and oxygen atoms in total. The number of hydrogen-bond acceptors (Lipinski definition) is 4. The molecule has 1 aromatic heterocycles. The van der Waals surface area contributed by atoms with Gasteiger partial charge in [-0.1, -0.05) is 39.8 Å². The summed E-state index contributed by atoms with van der Waals surface area (Å²) in [6, 6.07) is 6.91. The number of aromatic nitrogens is 2. The van der Waals surface area contributed by atoms with E-state index in [0.717, 1.165) is 0 Å². The summed E-state index contributed by atoms with van der Waals surface area (Å²) in [5, 5.41) is 19.9. The molecule has 0 radical (unpaired) electrons. The molecule has 0 spiro atoms. The first-order chi connectivity index (χ1) is 10.7. The van der Waals surface area contributed by atoms with Crippen LogP contribution in [0.5, 0.6) is 0 Å². The molecule has 0 aliphatic heterocycles. The number of rotatable bonds is 5. The van der Waals surface area contributed by atoms with E-state index in [1.807, 2.05) is 27.7 Å². The van der Waals surface area contributed by atoms with Crippen LogP contribution in [-0.4, -0.2) is 33.9 Å². The highest BCUT2D eigenvalue weighted by Crippen LogP contribution is 2.25. The molecule has 1 heterocycles. The first kappa shape index (κ1) is 17.1. The van der Waals surface area contributed by atoms with Crippen molar-refractivity contribution in [3.63, 3.8) is 0 Å². The van der Waals surface area contributed by atoms with Gasteiger partial charge in [-0.2, -0.15) is 5.10 Å². The summed E-state index contributed by atoms with van der Waals surface area (Å²) >= 11 is 0. The number of aliphatic hydroxyl groups excluding tert-OH is 1. The van der Waals surface area contributed by atoms with Gasteiger partial charge in [-0.3, -0.25) is 14.7 Å². The van der Waals surface area contributed by atoms with Crippen molar-refractivity contribution in [3.8, 4) is 0 Å². The molecule has 1 atom stereocenters. The second-order valence-electron chi connectivity index (χ2n) is 6.81. The molecular formula is C17H23N3O3. The molecule has 0 aliphatic carbocycles. The number of para-hydroxylation sites is 1. The highest BCUT2D eigenvalue weighted by Gasteiger charge is 2.31. The number of fused-ring (bicyclic) bond motifs is 1. The van der Waals surface area contributed by atoms with Crippen LogP contribution in [-0.2, 0) is 0 Å². The van der Waals surface area contributed by atoms with Crippen molar-refractivity contribution in [1.82, 2.24) is 15.5 Å². The summed E-state index contributed by atoms with van der Waals surface area (Å²) in [6.07, 6.45) is -0.564. The fourth-order valence-electron chi connectivity index (χ4n) is 2.63. The number of H-pyrrole nitrogens is 1. The number of aromatic amines is 1. The van der Waals surface area contributed by atoms with Crippen LogP contribution in [0.3, 0.4) is 0 Å². The number of nitrogens with one attached hydrogen (secondary N) is 2. The summed E-state index contributed by atoms with van der Waals surface area (Å²) in [5.74, 6) is -0.467. The molecular weight excluding hydrogens is 294 g/mol. The van der Waals surface area contributed by atoms with Gasteiger partial charge in [0, 0.05) is 17.3 Å². The Morgan fingerprint density at radius 3 is 2.65 bits per heavy atom. The van der Waals surface area contributed by atoms with Gasteiger partial charge in [0.05, 0.1) is 11.6 Å². The topological polar surface area (TPSA) is 95.1 Å². The molecule has 0 saturated heterocycles. The molecule has 6 heteroatoms. The van der Waals surface area contributed by atoms with Gasteiger partial charge >= 0.3 is 0 Å². The maximum atomic E-state index is 12.3. The van der Waals surface area contributed by atoms with Gasteiger partial charge in [0.25, 0.3) is 5.91 Å². The molecule has 23 heavy (non-hydrogen) atoms. The quantitative estimate of drug-likeness (QED) is 0.782. The molecule has 1 unspecified atom stereocenters. The van der Waals surface area contributed by atoms with Gasteiger partial charge in [0.1, 0.15) is 0 Å². The Morgan fingerprint density at radius 2 is 2.00 bits per heavy atom.